The highest BCUT2D eigenvalue weighted by Gasteiger charge is 2.07. The Morgan fingerprint density at radius 3 is 2.36 bits per heavy atom. The van der Waals surface area contributed by atoms with Crippen LogP contribution in [0.2, 0.25) is 0 Å². The van der Waals surface area contributed by atoms with Crippen LogP contribution in [0, 0.1) is 6.92 Å². The number of amides is 1. The molecule has 14 heavy (non-hydrogen) atoms. The van der Waals surface area contributed by atoms with Crippen molar-refractivity contribution in [1.29, 1.82) is 0 Å². The lowest BCUT2D eigenvalue weighted by Gasteiger charge is -2.17. The summed E-state index contributed by atoms with van der Waals surface area (Å²) in [5.41, 5.74) is 2.32. The molecule has 0 N–H and O–H groups in total. The standard InChI is InChI=1S/C11H14ClNO/c1-3-13(11(12)14)8-10-6-4-9(2)5-7-10/h4-7H,3,8H2,1-2H3. The van der Waals surface area contributed by atoms with Gasteiger partial charge in [0.25, 0.3) is 0 Å². The zero-order chi connectivity index (χ0) is 10.6. The molecule has 0 aliphatic carbocycles. The molecular weight excluding hydrogens is 198 g/mol. The molecule has 0 heterocycles. The summed E-state index contributed by atoms with van der Waals surface area (Å²) in [5.74, 6) is 0. The van der Waals surface area contributed by atoms with Gasteiger partial charge < -0.3 is 4.90 Å². The topological polar surface area (TPSA) is 20.3 Å². The normalized spacial score (nSPS) is 9.93. The number of carbonyl (C=O) groups excluding carboxylic acids is 1. The number of carbonyl (C=O) groups is 1. The van der Waals surface area contributed by atoms with Crippen LogP contribution < -0.4 is 0 Å². The van der Waals surface area contributed by atoms with E-state index < -0.39 is 5.37 Å². The van der Waals surface area contributed by atoms with Gasteiger partial charge in [-0.15, -0.1) is 0 Å². The van der Waals surface area contributed by atoms with Gasteiger partial charge in [-0.05, 0) is 31.0 Å². The Morgan fingerprint density at radius 2 is 1.93 bits per heavy atom. The fourth-order valence-corrected chi connectivity index (χ4v) is 1.39. The van der Waals surface area contributed by atoms with Crippen LogP contribution in [0.5, 0.6) is 0 Å². The van der Waals surface area contributed by atoms with E-state index in [9.17, 15) is 4.79 Å². The van der Waals surface area contributed by atoms with Gasteiger partial charge >= 0.3 is 5.37 Å². The number of halogens is 1. The van der Waals surface area contributed by atoms with E-state index in [0.717, 1.165) is 5.56 Å². The number of benzene rings is 1. The third kappa shape index (κ3) is 3.04. The van der Waals surface area contributed by atoms with E-state index in [1.54, 1.807) is 4.90 Å². The molecule has 0 bridgehead atoms. The van der Waals surface area contributed by atoms with E-state index in [2.05, 4.69) is 0 Å². The molecule has 0 unspecified atom stereocenters. The smallest absolute Gasteiger partial charge is 0.316 e. The maximum atomic E-state index is 10.9. The monoisotopic (exact) mass is 211 g/mol. The molecule has 0 saturated heterocycles. The van der Waals surface area contributed by atoms with Crippen LogP contribution in [0.3, 0.4) is 0 Å². The van der Waals surface area contributed by atoms with Gasteiger partial charge in [0.1, 0.15) is 0 Å². The zero-order valence-electron chi connectivity index (χ0n) is 8.46. The first-order valence-electron chi connectivity index (χ1n) is 4.63. The average molecular weight is 212 g/mol. The number of rotatable bonds is 3. The van der Waals surface area contributed by atoms with Gasteiger partial charge in [-0.3, -0.25) is 4.79 Å². The highest BCUT2D eigenvalue weighted by molar-refractivity contribution is 6.62. The Hall–Kier alpha value is -1.02. The highest BCUT2D eigenvalue weighted by Crippen LogP contribution is 2.08. The minimum absolute atomic E-state index is 0.395. The van der Waals surface area contributed by atoms with Gasteiger partial charge in [-0.1, -0.05) is 29.8 Å². The van der Waals surface area contributed by atoms with E-state index in [1.807, 2.05) is 38.1 Å². The first-order chi connectivity index (χ1) is 6.63. The summed E-state index contributed by atoms with van der Waals surface area (Å²) in [6.07, 6.45) is 0. The Morgan fingerprint density at radius 1 is 1.36 bits per heavy atom. The first-order valence-corrected chi connectivity index (χ1v) is 5.01. The van der Waals surface area contributed by atoms with Gasteiger partial charge in [0.2, 0.25) is 0 Å². The van der Waals surface area contributed by atoms with Crippen molar-refractivity contribution < 1.29 is 4.79 Å². The molecule has 0 aromatic heterocycles. The second-order valence-corrected chi connectivity index (χ2v) is 3.58. The Balaban J connectivity index is 2.67. The minimum atomic E-state index is -0.395. The van der Waals surface area contributed by atoms with Crippen molar-refractivity contribution in [1.82, 2.24) is 4.90 Å². The number of aryl methyl sites for hydroxylation is 1. The molecule has 0 aliphatic rings. The van der Waals surface area contributed by atoms with Gasteiger partial charge in [0, 0.05) is 13.1 Å². The van der Waals surface area contributed by atoms with Crippen molar-refractivity contribution in [3.05, 3.63) is 35.4 Å². The molecule has 1 aromatic carbocycles. The zero-order valence-corrected chi connectivity index (χ0v) is 9.21. The molecule has 0 spiro atoms. The summed E-state index contributed by atoms with van der Waals surface area (Å²) in [5, 5.41) is -0.395. The van der Waals surface area contributed by atoms with Crippen LogP contribution in [-0.4, -0.2) is 16.8 Å². The molecule has 1 aromatic rings. The van der Waals surface area contributed by atoms with Crippen molar-refractivity contribution in [2.24, 2.45) is 0 Å². The summed E-state index contributed by atoms with van der Waals surface area (Å²) >= 11 is 5.41. The van der Waals surface area contributed by atoms with Gasteiger partial charge in [-0.25, -0.2) is 0 Å². The predicted octanol–water partition coefficient (Wildman–Crippen LogP) is 3.18. The van der Waals surface area contributed by atoms with Crippen LogP contribution in [0.4, 0.5) is 4.79 Å². The predicted molar refractivity (Wildman–Crippen MR) is 58.5 cm³/mol. The molecule has 76 valence electrons. The van der Waals surface area contributed by atoms with Crippen LogP contribution in [0.25, 0.3) is 0 Å². The summed E-state index contributed by atoms with van der Waals surface area (Å²) < 4.78 is 0. The summed E-state index contributed by atoms with van der Waals surface area (Å²) in [6.45, 7) is 5.16. The molecule has 0 fully saturated rings. The lowest BCUT2D eigenvalue weighted by molar-refractivity contribution is 0.222. The molecule has 0 saturated carbocycles. The van der Waals surface area contributed by atoms with Crippen molar-refractivity contribution in [2.45, 2.75) is 20.4 Å². The molecule has 2 nitrogen and oxygen atoms in total. The van der Waals surface area contributed by atoms with E-state index >= 15 is 0 Å². The maximum Gasteiger partial charge on any atom is 0.316 e. The molecular formula is C11H14ClNO. The Bertz CT molecular complexity index is 308. The van der Waals surface area contributed by atoms with E-state index in [-0.39, 0.29) is 0 Å². The fourth-order valence-electron chi connectivity index (χ4n) is 1.21. The third-order valence-electron chi connectivity index (χ3n) is 2.12. The van der Waals surface area contributed by atoms with Crippen LogP contribution >= 0.6 is 11.6 Å². The summed E-state index contributed by atoms with van der Waals surface area (Å²) in [6, 6.07) is 8.08. The quantitative estimate of drug-likeness (QED) is 0.556. The van der Waals surface area contributed by atoms with E-state index in [0.29, 0.717) is 13.1 Å². The fraction of sp³-hybridized carbons (Fsp3) is 0.364. The molecule has 1 rings (SSSR count). The minimum Gasteiger partial charge on any atom is -0.325 e. The molecule has 0 atom stereocenters. The van der Waals surface area contributed by atoms with Gasteiger partial charge in [0.05, 0.1) is 0 Å². The van der Waals surface area contributed by atoms with E-state index in [4.69, 9.17) is 11.6 Å². The largest absolute Gasteiger partial charge is 0.325 e. The van der Waals surface area contributed by atoms with Gasteiger partial charge in [0.15, 0.2) is 0 Å². The molecule has 0 aliphatic heterocycles. The summed E-state index contributed by atoms with van der Waals surface area (Å²) in [7, 11) is 0. The van der Waals surface area contributed by atoms with Crippen molar-refractivity contribution in [3.63, 3.8) is 0 Å². The number of nitrogens with zero attached hydrogens (tertiary/aromatic N) is 1. The Kier molecular flexibility index (Phi) is 3.96. The Labute approximate surface area is 89.5 Å². The summed E-state index contributed by atoms with van der Waals surface area (Å²) in [4.78, 5) is 12.5. The van der Waals surface area contributed by atoms with Crippen LogP contribution in [-0.2, 0) is 6.54 Å². The van der Waals surface area contributed by atoms with Crippen molar-refractivity contribution in [3.8, 4) is 0 Å². The maximum absolute atomic E-state index is 10.9. The average Bonchev–Trinajstić information content (AvgIpc) is 2.16. The van der Waals surface area contributed by atoms with Crippen molar-refractivity contribution >= 4 is 17.0 Å². The number of hydrogen-bond donors (Lipinski definition) is 0. The lowest BCUT2D eigenvalue weighted by Crippen LogP contribution is -2.25. The first kappa shape index (κ1) is 11.1. The molecule has 1 amide bonds. The van der Waals surface area contributed by atoms with Crippen molar-refractivity contribution in [2.75, 3.05) is 6.54 Å². The second-order valence-electron chi connectivity index (χ2n) is 3.25. The lowest BCUT2D eigenvalue weighted by atomic mass is 10.1. The molecule has 3 heteroatoms. The molecule has 0 radical (unpaired) electrons. The van der Waals surface area contributed by atoms with Gasteiger partial charge in [-0.2, -0.15) is 0 Å². The number of hydrogen-bond acceptors (Lipinski definition) is 1. The SMILES string of the molecule is CCN(Cc1ccc(C)cc1)C(=O)Cl. The highest BCUT2D eigenvalue weighted by atomic mass is 35.5. The van der Waals surface area contributed by atoms with Crippen LogP contribution in [0.1, 0.15) is 18.1 Å². The third-order valence-corrected chi connectivity index (χ3v) is 2.36. The van der Waals surface area contributed by atoms with Crippen LogP contribution in [0.15, 0.2) is 24.3 Å². The van der Waals surface area contributed by atoms with E-state index in [1.165, 1.54) is 5.56 Å². The second kappa shape index (κ2) is 5.01.